The molecule has 28 heavy (non-hydrogen) atoms. The molecule has 0 aliphatic carbocycles. The Kier molecular flexibility index (Phi) is 5.69. The van der Waals surface area contributed by atoms with Gasteiger partial charge in [-0.25, -0.2) is 4.39 Å². The smallest absolute Gasteiger partial charge is 0.313 e. The van der Waals surface area contributed by atoms with Crippen LogP contribution in [-0.2, 0) is 19.1 Å². The molecule has 2 aliphatic heterocycles. The first-order valence-corrected chi connectivity index (χ1v) is 11.2. The largest absolute Gasteiger partial charge is 0.469 e. The molecular formula is C19H23FN2O4S2. The van der Waals surface area contributed by atoms with Crippen LogP contribution in [0.2, 0.25) is 0 Å². The second-order valence-electron chi connectivity index (χ2n) is 7.40. The van der Waals surface area contributed by atoms with E-state index >= 15 is 0 Å². The highest BCUT2D eigenvalue weighted by molar-refractivity contribution is 8.77. The van der Waals surface area contributed by atoms with Crippen molar-refractivity contribution in [3.63, 3.8) is 0 Å². The SMILES string of the molecule is COC(=O)[C@@]1(C)CCC(=O)N(C)C2(C)SSCN(C2=O)[C@H]1c1ccc(F)cc1. The Balaban J connectivity index is 2.22. The van der Waals surface area contributed by atoms with Crippen LogP contribution in [0, 0.1) is 11.2 Å². The highest BCUT2D eigenvalue weighted by Gasteiger charge is 2.55. The van der Waals surface area contributed by atoms with E-state index in [9.17, 15) is 18.8 Å². The van der Waals surface area contributed by atoms with Crippen molar-refractivity contribution in [2.24, 2.45) is 5.41 Å². The molecule has 3 atom stereocenters. The summed E-state index contributed by atoms with van der Waals surface area (Å²) in [5.74, 6) is -1.02. The fourth-order valence-electron chi connectivity index (χ4n) is 3.84. The van der Waals surface area contributed by atoms with Gasteiger partial charge in [0.15, 0.2) is 4.87 Å². The van der Waals surface area contributed by atoms with Crippen molar-refractivity contribution in [2.75, 3.05) is 20.0 Å². The third kappa shape index (κ3) is 3.28. The lowest BCUT2D eigenvalue weighted by Gasteiger charge is -2.48. The van der Waals surface area contributed by atoms with Crippen LogP contribution in [0.4, 0.5) is 4.39 Å². The number of carbonyl (C=O) groups excluding carboxylic acids is 3. The van der Waals surface area contributed by atoms with E-state index in [4.69, 9.17) is 4.74 Å². The van der Waals surface area contributed by atoms with E-state index in [1.165, 1.54) is 45.7 Å². The number of halogens is 1. The number of nitrogens with zero attached hydrogens (tertiary/aromatic N) is 2. The van der Waals surface area contributed by atoms with Gasteiger partial charge in [0.05, 0.1) is 24.4 Å². The van der Waals surface area contributed by atoms with Gasteiger partial charge in [0, 0.05) is 13.5 Å². The summed E-state index contributed by atoms with van der Waals surface area (Å²) in [6.45, 7) is 3.43. The number of benzene rings is 1. The van der Waals surface area contributed by atoms with Gasteiger partial charge in [-0.05, 0) is 38.0 Å². The summed E-state index contributed by atoms with van der Waals surface area (Å²) in [5.41, 5.74) is -0.526. The van der Waals surface area contributed by atoms with E-state index in [0.717, 1.165) is 0 Å². The van der Waals surface area contributed by atoms with Gasteiger partial charge in [0.1, 0.15) is 5.82 Å². The summed E-state index contributed by atoms with van der Waals surface area (Å²) in [4.78, 5) is 41.2. The lowest BCUT2D eigenvalue weighted by molar-refractivity contribution is -0.159. The van der Waals surface area contributed by atoms with Crippen molar-refractivity contribution in [3.05, 3.63) is 35.6 Å². The Labute approximate surface area is 171 Å². The minimum absolute atomic E-state index is 0.0989. The van der Waals surface area contributed by atoms with Gasteiger partial charge < -0.3 is 14.5 Å². The van der Waals surface area contributed by atoms with Crippen LogP contribution in [0.1, 0.15) is 38.3 Å². The summed E-state index contributed by atoms with van der Waals surface area (Å²) in [5, 5.41) is 0. The molecule has 2 fully saturated rings. The molecule has 2 aliphatic rings. The number of methoxy groups -OCH3 is 1. The van der Waals surface area contributed by atoms with Crippen molar-refractivity contribution < 1.29 is 23.5 Å². The average Bonchev–Trinajstić information content (AvgIpc) is 2.70. The fourth-order valence-corrected chi connectivity index (χ4v) is 6.64. The molecule has 2 saturated heterocycles. The fraction of sp³-hybridized carbons (Fsp3) is 0.526. The van der Waals surface area contributed by atoms with Gasteiger partial charge in [-0.2, -0.15) is 0 Å². The van der Waals surface area contributed by atoms with Crippen LogP contribution in [0.5, 0.6) is 0 Å². The maximum Gasteiger partial charge on any atom is 0.313 e. The molecule has 0 aromatic heterocycles. The van der Waals surface area contributed by atoms with Crippen molar-refractivity contribution in [2.45, 2.75) is 37.6 Å². The Morgan fingerprint density at radius 1 is 1.25 bits per heavy atom. The molecule has 2 heterocycles. The number of amides is 2. The van der Waals surface area contributed by atoms with Crippen LogP contribution in [-0.4, -0.2) is 52.5 Å². The van der Waals surface area contributed by atoms with Gasteiger partial charge in [0.2, 0.25) is 5.91 Å². The zero-order valence-corrected chi connectivity index (χ0v) is 17.9. The summed E-state index contributed by atoms with van der Waals surface area (Å²) in [6, 6.07) is 5.11. The topological polar surface area (TPSA) is 66.9 Å². The predicted octanol–water partition coefficient (Wildman–Crippen LogP) is 3.20. The summed E-state index contributed by atoms with van der Waals surface area (Å²) < 4.78 is 18.6. The number of fused-ring (bicyclic) bond motifs is 2. The zero-order chi connectivity index (χ0) is 20.7. The van der Waals surface area contributed by atoms with E-state index in [0.29, 0.717) is 11.4 Å². The van der Waals surface area contributed by atoms with Crippen LogP contribution >= 0.6 is 21.6 Å². The van der Waals surface area contributed by atoms with Gasteiger partial charge in [-0.1, -0.05) is 33.7 Å². The molecule has 1 aromatic rings. The summed E-state index contributed by atoms with van der Waals surface area (Å²) in [6.07, 6.45) is 0.307. The molecular weight excluding hydrogens is 403 g/mol. The lowest BCUT2D eigenvalue weighted by Crippen LogP contribution is -2.59. The molecule has 0 spiro atoms. The van der Waals surface area contributed by atoms with Crippen LogP contribution in [0.25, 0.3) is 0 Å². The van der Waals surface area contributed by atoms with E-state index in [1.54, 1.807) is 37.9 Å². The number of hydrogen-bond donors (Lipinski definition) is 0. The van der Waals surface area contributed by atoms with E-state index in [1.807, 2.05) is 0 Å². The van der Waals surface area contributed by atoms with E-state index in [-0.39, 0.29) is 24.7 Å². The molecule has 1 unspecified atom stereocenters. The minimum Gasteiger partial charge on any atom is -0.469 e. The Morgan fingerprint density at radius 3 is 2.50 bits per heavy atom. The highest BCUT2D eigenvalue weighted by atomic mass is 33.1. The van der Waals surface area contributed by atoms with Gasteiger partial charge in [-0.15, -0.1) is 0 Å². The second kappa shape index (κ2) is 7.59. The van der Waals surface area contributed by atoms with Crippen LogP contribution in [0.3, 0.4) is 0 Å². The molecule has 6 nitrogen and oxygen atoms in total. The van der Waals surface area contributed by atoms with E-state index in [2.05, 4.69) is 0 Å². The third-order valence-corrected chi connectivity index (χ3v) is 8.61. The van der Waals surface area contributed by atoms with Crippen molar-refractivity contribution in [1.82, 2.24) is 9.80 Å². The van der Waals surface area contributed by atoms with Crippen LogP contribution < -0.4 is 0 Å². The number of rotatable bonds is 2. The zero-order valence-electron chi connectivity index (χ0n) is 16.2. The molecule has 0 N–H and O–H groups in total. The average molecular weight is 427 g/mol. The molecule has 152 valence electrons. The Hall–Kier alpha value is -1.74. The number of hydrogen-bond acceptors (Lipinski definition) is 6. The molecule has 0 saturated carbocycles. The molecule has 3 rings (SSSR count). The number of ether oxygens (including phenoxy) is 1. The van der Waals surface area contributed by atoms with E-state index < -0.39 is 28.1 Å². The van der Waals surface area contributed by atoms with Gasteiger partial charge >= 0.3 is 5.97 Å². The monoisotopic (exact) mass is 426 g/mol. The maximum atomic E-state index is 13.5. The first-order chi connectivity index (χ1) is 13.1. The van der Waals surface area contributed by atoms with Gasteiger partial charge in [0.25, 0.3) is 5.91 Å². The first-order valence-electron chi connectivity index (χ1n) is 8.87. The maximum absolute atomic E-state index is 13.5. The second-order valence-corrected chi connectivity index (χ2v) is 10.1. The summed E-state index contributed by atoms with van der Waals surface area (Å²) >= 11 is 0. The molecule has 2 amide bonds. The lowest BCUT2D eigenvalue weighted by atomic mass is 9.74. The molecule has 0 radical (unpaired) electrons. The number of likely N-dealkylation sites (N-methyl/N-ethyl adjacent to an activating group) is 1. The van der Waals surface area contributed by atoms with Gasteiger partial charge in [-0.3, -0.25) is 14.4 Å². The van der Waals surface area contributed by atoms with Crippen molar-refractivity contribution in [3.8, 4) is 0 Å². The third-order valence-electron chi connectivity index (χ3n) is 5.70. The van der Waals surface area contributed by atoms with Crippen molar-refractivity contribution in [1.29, 1.82) is 0 Å². The highest BCUT2D eigenvalue weighted by Crippen LogP contribution is 2.52. The summed E-state index contributed by atoms with van der Waals surface area (Å²) in [7, 11) is 5.70. The molecule has 2 bridgehead atoms. The number of esters is 1. The first kappa shape index (κ1) is 21.0. The Morgan fingerprint density at radius 2 is 1.89 bits per heavy atom. The predicted molar refractivity (Wildman–Crippen MR) is 107 cm³/mol. The minimum atomic E-state index is -1.16. The quantitative estimate of drug-likeness (QED) is 0.535. The van der Waals surface area contributed by atoms with Crippen LogP contribution in [0.15, 0.2) is 24.3 Å². The molecule has 1 aromatic carbocycles. The number of carbonyl (C=O) groups is 3. The van der Waals surface area contributed by atoms with Crippen molar-refractivity contribution >= 4 is 39.4 Å². The normalized spacial score (nSPS) is 31.1. The molecule has 9 heteroatoms. The standard InChI is InChI=1S/C19H23FN2O4S2/c1-18(17(25)26-4)10-9-14(23)21(3)19(2)16(24)22(11-27-28-19)15(18)12-5-7-13(20)8-6-12/h5-8,15H,9-11H2,1-4H3/t15-,18-,19?/m0/s1. The Bertz CT molecular complexity index is 806.